The number of benzene rings is 2. The molecule has 0 radical (unpaired) electrons. The van der Waals surface area contributed by atoms with Crippen molar-refractivity contribution in [3.05, 3.63) is 75.7 Å². The van der Waals surface area contributed by atoms with Gasteiger partial charge in [-0.3, -0.25) is 4.79 Å². The molecule has 0 amide bonds. The molecule has 4 nitrogen and oxygen atoms in total. The average Bonchev–Trinajstić information content (AvgIpc) is 2.82. The minimum Gasteiger partial charge on any atom is -0.489 e. The van der Waals surface area contributed by atoms with E-state index >= 15 is 0 Å². The summed E-state index contributed by atoms with van der Waals surface area (Å²) in [5, 5.41) is 5.79. The second kappa shape index (κ2) is 10.1. The number of aromatic nitrogens is 1. The number of hydrogen-bond acceptors (Lipinski definition) is 3. The van der Waals surface area contributed by atoms with Crippen LogP contribution in [0.3, 0.4) is 0 Å². The van der Waals surface area contributed by atoms with Crippen LogP contribution in [0.5, 0.6) is 5.75 Å². The molecule has 5 heteroatoms. The first-order valence-corrected chi connectivity index (χ1v) is 12.2. The van der Waals surface area contributed by atoms with Crippen molar-refractivity contribution in [1.82, 2.24) is 10.3 Å². The molecule has 3 aromatic rings. The van der Waals surface area contributed by atoms with Crippen LogP contribution in [0.15, 0.2) is 59.5 Å². The zero-order valence-corrected chi connectivity index (χ0v) is 19.8. The van der Waals surface area contributed by atoms with Crippen LogP contribution in [0.1, 0.15) is 57.9 Å². The molecular weight excluding hydrogens is 420 g/mol. The van der Waals surface area contributed by atoms with Crippen LogP contribution in [0.4, 0.5) is 0 Å². The van der Waals surface area contributed by atoms with Crippen molar-refractivity contribution in [2.45, 2.75) is 71.1 Å². The first-order valence-electron chi connectivity index (χ1n) is 11.8. The Hall–Kier alpha value is -2.30. The highest BCUT2D eigenvalue weighted by Gasteiger charge is 2.40. The lowest BCUT2D eigenvalue weighted by atomic mass is 9.66. The minimum atomic E-state index is -0.130. The van der Waals surface area contributed by atoms with Gasteiger partial charge >= 0.3 is 0 Å². The number of halogens is 1. The van der Waals surface area contributed by atoms with Gasteiger partial charge in [0.2, 0.25) is 0 Å². The van der Waals surface area contributed by atoms with Gasteiger partial charge < -0.3 is 15.0 Å². The highest BCUT2D eigenvalue weighted by Crippen LogP contribution is 2.44. The number of H-pyrrole nitrogens is 1. The Bertz CT molecular complexity index is 1090. The largest absolute Gasteiger partial charge is 0.489 e. The van der Waals surface area contributed by atoms with Crippen LogP contribution in [-0.4, -0.2) is 17.1 Å². The lowest BCUT2D eigenvalue weighted by Gasteiger charge is -2.45. The summed E-state index contributed by atoms with van der Waals surface area (Å²) in [7, 11) is 0. The van der Waals surface area contributed by atoms with Crippen molar-refractivity contribution >= 4 is 22.4 Å². The van der Waals surface area contributed by atoms with Crippen molar-refractivity contribution in [2.75, 3.05) is 0 Å². The van der Waals surface area contributed by atoms with Crippen molar-refractivity contribution in [3.63, 3.8) is 0 Å². The zero-order chi connectivity index (χ0) is 22.6. The van der Waals surface area contributed by atoms with E-state index in [1.165, 1.54) is 12.0 Å². The number of aromatic amines is 1. The Morgan fingerprint density at radius 2 is 1.91 bits per heavy atom. The smallest absolute Gasteiger partial charge is 0.255 e. The van der Waals surface area contributed by atoms with Gasteiger partial charge in [-0.15, -0.1) is 0 Å². The lowest BCUT2D eigenvalue weighted by Crippen LogP contribution is -2.47. The molecule has 170 valence electrons. The van der Waals surface area contributed by atoms with E-state index in [0.29, 0.717) is 27.6 Å². The molecule has 1 fully saturated rings. The SMILES string of the molecule is CCC(NCc1ccccc1)C1(CC)CCC(Oc2cc3cc[nH]c(=O)c3cc2Cl)CC1. The number of pyridine rings is 1. The van der Waals surface area contributed by atoms with Gasteiger partial charge in [-0.05, 0) is 73.1 Å². The molecule has 1 aliphatic carbocycles. The third kappa shape index (κ3) is 4.87. The fraction of sp³-hybridized carbons (Fsp3) is 0.444. The summed E-state index contributed by atoms with van der Waals surface area (Å²) in [5.74, 6) is 0.674. The van der Waals surface area contributed by atoms with E-state index in [1.54, 1.807) is 12.3 Å². The monoisotopic (exact) mass is 452 g/mol. The molecule has 32 heavy (non-hydrogen) atoms. The zero-order valence-electron chi connectivity index (χ0n) is 19.0. The van der Waals surface area contributed by atoms with Crippen molar-refractivity contribution in [3.8, 4) is 5.75 Å². The second-order valence-electron chi connectivity index (χ2n) is 9.04. The summed E-state index contributed by atoms with van der Waals surface area (Å²) < 4.78 is 6.35. The van der Waals surface area contributed by atoms with Crippen LogP contribution in [0, 0.1) is 5.41 Å². The Kier molecular flexibility index (Phi) is 7.22. The molecule has 0 spiro atoms. The van der Waals surface area contributed by atoms with Gasteiger partial charge in [-0.2, -0.15) is 0 Å². The molecule has 1 heterocycles. The molecule has 1 saturated carbocycles. The molecule has 2 N–H and O–H groups in total. The van der Waals surface area contributed by atoms with Crippen molar-refractivity contribution in [2.24, 2.45) is 5.41 Å². The molecule has 1 aromatic heterocycles. The van der Waals surface area contributed by atoms with Crippen LogP contribution in [0.25, 0.3) is 10.8 Å². The van der Waals surface area contributed by atoms with E-state index < -0.39 is 0 Å². The number of hydrogen-bond donors (Lipinski definition) is 2. The topological polar surface area (TPSA) is 54.1 Å². The summed E-state index contributed by atoms with van der Waals surface area (Å²) in [4.78, 5) is 14.7. The number of rotatable bonds is 8. The maximum Gasteiger partial charge on any atom is 0.255 e. The number of ether oxygens (including phenoxy) is 1. The van der Waals surface area contributed by atoms with E-state index in [1.807, 2.05) is 12.1 Å². The number of fused-ring (bicyclic) bond motifs is 1. The van der Waals surface area contributed by atoms with Gasteiger partial charge in [0, 0.05) is 24.2 Å². The van der Waals surface area contributed by atoms with Gasteiger partial charge in [-0.1, -0.05) is 55.8 Å². The van der Waals surface area contributed by atoms with E-state index in [-0.39, 0.29) is 11.7 Å². The van der Waals surface area contributed by atoms with Gasteiger partial charge in [0.15, 0.2) is 0 Å². The summed E-state index contributed by atoms with van der Waals surface area (Å²) in [6, 6.07) is 16.6. The average molecular weight is 453 g/mol. The Balaban J connectivity index is 1.42. The maximum absolute atomic E-state index is 12.0. The molecule has 0 bridgehead atoms. The second-order valence-corrected chi connectivity index (χ2v) is 9.44. The minimum absolute atomic E-state index is 0.130. The molecule has 2 aromatic carbocycles. The number of nitrogens with one attached hydrogen (secondary N) is 2. The molecule has 1 unspecified atom stereocenters. The van der Waals surface area contributed by atoms with Crippen LogP contribution < -0.4 is 15.6 Å². The molecular formula is C27H33ClN2O2. The van der Waals surface area contributed by atoms with E-state index in [9.17, 15) is 4.79 Å². The van der Waals surface area contributed by atoms with Crippen LogP contribution in [0.2, 0.25) is 5.02 Å². The molecule has 4 rings (SSSR count). The third-order valence-corrected chi connectivity index (χ3v) is 7.59. The standard InChI is InChI=1S/C27H33ClN2O2/c1-3-25(30-18-19-8-6-5-7-9-19)27(4-2)13-10-21(11-14-27)32-24-16-20-12-15-29-26(31)22(20)17-23(24)28/h5-9,12,15-17,21,25,30H,3-4,10-11,13-14,18H2,1-2H3,(H,29,31). The van der Waals surface area contributed by atoms with Gasteiger partial charge in [0.1, 0.15) is 5.75 Å². The first kappa shape index (κ1) is 22.9. The van der Waals surface area contributed by atoms with Crippen LogP contribution in [-0.2, 0) is 6.54 Å². The molecule has 1 aliphatic rings. The maximum atomic E-state index is 12.0. The first-order chi connectivity index (χ1) is 15.5. The summed E-state index contributed by atoms with van der Waals surface area (Å²) in [6.07, 6.45) is 8.40. The Morgan fingerprint density at radius 1 is 1.16 bits per heavy atom. The fourth-order valence-corrected chi connectivity index (χ4v) is 5.53. The van der Waals surface area contributed by atoms with E-state index in [2.05, 4.69) is 54.5 Å². The van der Waals surface area contributed by atoms with Crippen molar-refractivity contribution in [1.29, 1.82) is 0 Å². The quantitative estimate of drug-likeness (QED) is 0.412. The normalized spacial score (nSPS) is 22.0. The summed E-state index contributed by atoms with van der Waals surface area (Å²) >= 11 is 6.46. The fourth-order valence-electron chi connectivity index (χ4n) is 5.32. The van der Waals surface area contributed by atoms with Gasteiger partial charge in [0.05, 0.1) is 11.1 Å². The Morgan fingerprint density at radius 3 is 2.59 bits per heavy atom. The third-order valence-electron chi connectivity index (χ3n) is 7.30. The summed E-state index contributed by atoms with van der Waals surface area (Å²) in [6.45, 7) is 5.53. The van der Waals surface area contributed by atoms with Gasteiger partial charge in [0.25, 0.3) is 5.56 Å². The van der Waals surface area contributed by atoms with E-state index in [4.69, 9.17) is 16.3 Å². The highest BCUT2D eigenvalue weighted by molar-refractivity contribution is 6.32. The lowest BCUT2D eigenvalue weighted by molar-refractivity contribution is 0.0457. The van der Waals surface area contributed by atoms with E-state index in [0.717, 1.165) is 44.0 Å². The molecule has 0 aliphatic heterocycles. The molecule has 0 saturated heterocycles. The predicted molar refractivity (Wildman–Crippen MR) is 133 cm³/mol. The summed E-state index contributed by atoms with van der Waals surface area (Å²) in [5.41, 5.74) is 1.50. The van der Waals surface area contributed by atoms with Gasteiger partial charge in [-0.25, -0.2) is 0 Å². The highest BCUT2D eigenvalue weighted by atomic mass is 35.5. The van der Waals surface area contributed by atoms with Crippen LogP contribution >= 0.6 is 11.6 Å². The predicted octanol–water partition coefficient (Wildman–Crippen LogP) is 6.47. The Labute approximate surface area is 195 Å². The molecule has 1 atom stereocenters. The van der Waals surface area contributed by atoms with Crippen molar-refractivity contribution < 1.29 is 4.74 Å².